The molecule has 1 aliphatic rings. The standard InChI is InChI=1S/C14H19ClN2O3.ClH/c1-20-13(9-2-4-10(15)5-3-9)8-17-14(19)12-6-11(18)7-16-12;/h2-5,11-13,16,18H,6-8H2,1H3,(H,17,19);1H. The molecule has 1 amide bonds. The van der Waals surface area contributed by atoms with Crippen LogP contribution in [-0.4, -0.2) is 43.4 Å². The Kier molecular flexibility index (Phi) is 7.42. The molecule has 1 heterocycles. The zero-order valence-corrected chi connectivity index (χ0v) is 13.3. The van der Waals surface area contributed by atoms with E-state index in [0.29, 0.717) is 24.5 Å². The van der Waals surface area contributed by atoms with Crippen LogP contribution in [0.3, 0.4) is 0 Å². The van der Waals surface area contributed by atoms with E-state index in [0.717, 1.165) is 5.56 Å². The summed E-state index contributed by atoms with van der Waals surface area (Å²) in [5, 5.41) is 15.9. The lowest BCUT2D eigenvalue weighted by Gasteiger charge is -2.18. The Labute approximate surface area is 135 Å². The zero-order chi connectivity index (χ0) is 14.5. The van der Waals surface area contributed by atoms with Gasteiger partial charge in [-0.1, -0.05) is 23.7 Å². The highest BCUT2D eigenvalue weighted by molar-refractivity contribution is 6.30. The van der Waals surface area contributed by atoms with Crippen LogP contribution in [0, 0.1) is 0 Å². The second-order valence-electron chi connectivity index (χ2n) is 4.87. The van der Waals surface area contributed by atoms with Gasteiger partial charge in [0.25, 0.3) is 0 Å². The molecule has 5 nitrogen and oxygen atoms in total. The van der Waals surface area contributed by atoms with Gasteiger partial charge < -0.3 is 20.5 Å². The van der Waals surface area contributed by atoms with Crippen LogP contribution in [0.2, 0.25) is 5.02 Å². The Morgan fingerprint density at radius 1 is 1.52 bits per heavy atom. The summed E-state index contributed by atoms with van der Waals surface area (Å²) in [6, 6.07) is 7.01. The molecule has 118 valence electrons. The molecule has 1 saturated heterocycles. The van der Waals surface area contributed by atoms with Crippen molar-refractivity contribution < 1.29 is 14.6 Å². The number of rotatable bonds is 5. The average Bonchev–Trinajstić information content (AvgIpc) is 2.88. The molecule has 3 N–H and O–H groups in total. The highest BCUT2D eigenvalue weighted by atomic mass is 35.5. The van der Waals surface area contributed by atoms with Crippen LogP contribution < -0.4 is 10.6 Å². The van der Waals surface area contributed by atoms with Crippen molar-refractivity contribution in [3.05, 3.63) is 34.9 Å². The third-order valence-electron chi connectivity index (χ3n) is 3.41. The molecule has 0 aromatic heterocycles. The molecule has 3 unspecified atom stereocenters. The number of hydrogen-bond donors (Lipinski definition) is 3. The fraction of sp³-hybridized carbons (Fsp3) is 0.500. The summed E-state index contributed by atoms with van der Waals surface area (Å²) in [5.74, 6) is -0.113. The third-order valence-corrected chi connectivity index (χ3v) is 3.66. The van der Waals surface area contributed by atoms with E-state index in [1.807, 2.05) is 12.1 Å². The van der Waals surface area contributed by atoms with E-state index in [4.69, 9.17) is 16.3 Å². The Morgan fingerprint density at radius 2 is 2.19 bits per heavy atom. The Morgan fingerprint density at radius 3 is 2.71 bits per heavy atom. The quantitative estimate of drug-likeness (QED) is 0.758. The predicted molar refractivity (Wildman–Crippen MR) is 83.9 cm³/mol. The number of halogens is 2. The summed E-state index contributed by atoms with van der Waals surface area (Å²) < 4.78 is 5.38. The molecule has 7 heteroatoms. The monoisotopic (exact) mass is 334 g/mol. The molecule has 0 radical (unpaired) electrons. The summed E-state index contributed by atoms with van der Waals surface area (Å²) in [5.41, 5.74) is 0.955. The van der Waals surface area contributed by atoms with Gasteiger partial charge in [-0.2, -0.15) is 0 Å². The van der Waals surface area contributed by atoms with Crippen LogP contribution in [0.25, 0.3) is 0 Å². The summed E-state index contributed by atoms with van der Waals surface area (Å²) in [4.78, 5) is 11.9. The van der Waals surface area contributed by atoms with E-state index < -0.39 is 6.10 Å². The number of nitrogens with one attached hydrogen (secondary N) is 2. The van der Waals surface area contributed by atoms with Gasteiger partial charge in [0.15, 0.2) is 0 Å². The van der Waals surface area contributed by atoms with Crippen molar-refractivity contribution >= 4 is 29.9 Å². The molecular weight excluding hydrogens is 315 g/mol. The van der Waals surface area contributed by atoms with Crippen molar-refractivity contribution in [3.8, 4) is 0 Å². The molecule has 0 aliphatic carbocycles. The predicted octanol–water partition coefficient (Wildman–Crippen LogP) is 1.29. The van der Waals surface area contributed by atoms with Gasteiger partial charge in [-0.25, -0.2) is 0 Å². The number of aliphatic hydroxyl groups excluding tert-OH is 1. The van der Waals surface area contributed by atoms with Crippen LogP contribution in [-0.2, 0) is 9.53 Å². The third kappa shape index (κ3) is 5.13. The lowest BCUT2D eigenvalue weighted by molar-refractivity contribution is -0.123. The van der Waals surface area contributed by atoms with Crippen molar-refractivity contribution in [1.29, 1.82) is 0 Å². The maximum absolute atomic E-state index is 11.9. The number of hydrogen-bond acceptors (Lipinski definition) is 4. The van der Waals surface area contributed by atoms with Crippen molar-refractivity contribution in [3.63, 3.8) is 0 Å². The lowest BCUT2D eigenvalue weighted by Crippen LogP contribution is -2.42. The second kappa shape index (κ2) is 8.56. The average molecular weight is 335 g/mol. The van der Waals surface area contributed by atoms with Gasteiger partial charge >= 0.3 is 0 Å². The minimum Gasteiger partial charge on any atom is -0.392 e. The van der Waals surface area contributed by atoms with Crippen LogP contribution in [0.1, 0.15) is 18.1 Å². The van der Waals surface area contributed by atoms with E-state index in [9.17, 15) is 9.90 Å². The van der Waals surface area contributed by atoms with Crippen LogP contribution >= 0.6 is 24.0 Å². The Hall–Kier alpha value is -0.850. The van der Waals surface area contributed by atoms with Gasteiger partial charge in [0, 0.05) is 25.2 Å². The van der Waals surface area contributed by atoms with Gasteiger partial charge in [-0.05, 0) is 24.1 Å². The van der Waals surface area contributed by atoms with Crippen molar-refractivity contribution in [2.75, 3.05) is 20.2 Å². The summed E-state index contributed by atoms with van der Waals surface area (Å²) >= 11 is 5.84. The lowest BCUT2D eigenvalue weighted by atomic mass is 10.1. The Bertz CT molecular complexity index is 456. The number of carbonyl (C=O) groups is 1. The number of carbonyl (C=O) groups excluding carboxylic acids is 1. The van der Waals surface area contributed by atoms with E-state index in [-0.39, 0.29) is 30.5 Å². The Balaban J connectivity index is 0.00000220. The maximum Gasteiger partial charge on any atom is 0.237 e. The maximum atomic E-state index is 11.9. The molecule has 2 rings (SSSR count). The van der Waals surface area contributed by atoms with Crippen molar-refractivity contribution in [1.82, 2.24) is 10.6 Å². The zero-order valence-electron chi connectivity index (χ0n) is 11.7. The molecule has 3 atom stereocenters. The molecule has 1 aromatic rings. The summed E-state index contributed by atoms with van der Waals surface area (Å²) in [6.07, 6.45) is -0.215. The smallest absolute Gasteiger partial charge is 0.237 e. The molecule has 1 fully saturated rings. The number of β-amino-alcohol motifs (C(OH)–C–C–N with tert-alkyl or cyclic N) is 1. The van der Waals surface area contributed by atoms with Gasteiger partial charge in [0.05, 0.1) is 18.2 Å². The van der Waals surface area contributed by atoms with Crippen molar-refractivity contribution in [2.24, 2.45) is 0 Å². The molecule has 0 spiro atoms. The van der Waals surface area contributed by atoms with E-state index >= 15 is 0 Å². The first-order valence-electron chi connectivity index (χ1n) is 6.57. The molecule has 0 saturated carbocycles. The highest BCUT2D eigenvalue weighted by Crippen LogP contribution is 2.18. The number of aliphatic hydroxyl groups is 1. The second-order valence-corrected chi connectivity index (χ2v) is 5.31. The number of amides is 1. The highest BCUT2D eigenvalue weighted by Gasteiger charge is 2.28. The first-order chi connectivity index (χ1) is 9.60. The molecule has 1 aromatic carbocycles. The number of methoxy groups -OCH3 is 1. The van der Waals surface area contributed by atoms with Gasteiger partial charge in [0.1, 0.15) is 0 Å². The topological polar surface area (TPSA) is 70.6 Å². The van der Waals surface area contributed by atoms with E-state index in [1.165, 1.54) is 0 Å². The minimum atomic E-state index is -0.444. The van der Waals surface area contributed by atoms with Gasteiger partial charge in [-0.15, -0.1) is 12.4 Å². The van der Waals surface area contributed by atoms with Crippen LogP contribution in [0.5, 0.6) is 0 Å². The molecule has 21 heavy (non-hydrogen) atoms. The summed E-state index contributed by atoms with van der Waals surface area (Å²) in [7, 11) is 1.60. The van der Waals surface area contributed by atoms with Crippen molar-refractivity contribution in [2.45, 2.75) is 24.7 Å². The van der Waals surface area contributed by atoms with Crippen LogP contribution in [0.4, 0.5) is 0 Å². The number of ether oxygens (including phenoxy) is 1. The van der Waals surface area contributed by atoms with E-state index in [2.05, 4.69) is 10.6 Å². The first-order valence-corrected chi connectivity index (χ1v) is 6.95. The minimum absolute atomic E-state index is 0. The molecular formula is C14H20Cl2N2O3. The fourth-order valence-corrected chi connectivity index (χ4v) is 2.37. The number of benzene rings is 1. The fourth-order valence-electron chi connectivity index (χ4n) is 2.25. The molecule has 1 aliphatic heterocycles. The first kappa shape index (κ1) is 18.2. The SMILES string of the molecule is COC(CNC(=O)C1CC(O)CN1)c1ccc(Cl)cc1.Cl. The summed E-state index contributed by atoms with van der Waals surface area (Å²) in [6.45, 7) is 0.841. The largest absolute Gasteiger partial charge is 0.392 e. The normalized spacial score (nSPS) is 22.4. The van der Waals surface area contributed by atoms with Gasteiger partial charge in [0.2, 0.25) is 5.91 Å². The van der Waals surface area contributed by atoms with Crippen LogP contribution in [0.15, 0.2) is 24.3 Å². The van der Waals surface area contributed by atoms with E-state index in [1.54, 1.807) is 19.2 Å². The van der Waals surface area contributed by atoms with Gasteiger partial charge in [-0.3, -0.25) is 4.79 Å². The molecule has 0 bridgehead atoms.